The van der Waals surface area contributed by atoms with E-state index in [4.69, 9.17) is 8.83 Å². The standard InChI is InChI=1S/C30H18N8O2/c1-2-14-32-25(8-1)26-12-10-23(18-34-26)30-38-36-28(40-30)20-6-3-5-19(15-20)27-35-37-29(39-27)22-9-11-24(33-17-22)21-7-4-13-31-16-21/h1-18H. The van der Waals surface area contributed by atoms with Gasteiger partial charge in [0, 0.05) is 47.7 Å². The molecule has 0 unspecified atom stereocenters. The maximum absolute atomic E-state index is 5.96. The highest BCUT2D eigenvalue weighted by Gasteiger charge is 2.15. The van der Waals surface area contributed by atoms with Crippen molar-refractivity contribution >= 4 is 0 Å². The van der Waals surface area contributed by atoms with Crippen LogP contribution in [-0.4, -0.2) is 40.3 Å². The zero-order valence-electron chi connectivity index (χ0n) is 20.8. The van der Waals surface area contributed by atoms with E-state index in [0.29, 0.717) is 34.7 Å². The summed E-state index contributed by atoms with van der Waals surface area (Å²) in [4.78, 5) is 17.5. The van der Waals surface area contributed by atoms with Gasteiger partial charge in [-0.15, -0.1) is 20.4 Å². The summed E-state index contributed by atoms with van der Waals surface area (Å²) in [5.74, 6) is 1.46. The fourth-order valence-electron chi connectivity index (χ4n) is 4.09. The van der Waals surface area contributed by atoms with E-state index >= 15 is 0 Å². The number of nitrogens with zero attached hydrogens (tertiary/aromatic N) is 8. The Hall–Kier alpha value is -5.90. The van der Waals surface area contributed by atoms with Gasteiger partial charge in [-0.25, -0.2) is 0 Å². The van der Waals surface area contributed by atoms with Gasteiger partial charge < -0.3 is 8.83 Å². The van der Waals surface area contributed by atoms with Crippen LogP contribution >= 0.6 is 0 Å². The average Bonchev–Trinajstić information content (AvgIpc) is 3.74. The summed E-state index contributed by atoms with van der Waals surface area (Å²) in [6.45, 7) is 0. The van der Waals surface area contributed by atoms with Crippen LogP contribution in [0.1, 0.15) is 0 Å². The van der Waals surface area contributed by atoms with Crippen LogP contribution in [0.15, 0.2) is 119 Å². The van der Waals surface area contributed by atoms with Crippen molar-refractivity contribution < 1.29 is 8.83 Å². The Bertz CT molecular complexity index is 1750. The molecule has 0 saturated carbocycles. The summed E-state index contributed by atoms with van der Waals surface area (Å²) < 4.78 is 11.9. The molecular weight excluding hydrogens is 504 g/mol. The van der Waals surface area contributed by atoms with Crippen LogP contribution in [0.3, 0.4) is 0 Å². The number of aromatic nitrogens is 8. The molecule has 190 valence electrons. The van der Waals surface area contributed by atoms with Crippen molar-refractivity contribution in [2.24, 2.45) is 0 Å². The number of rotatable bonds is 6. The summed E-state index contributed by atoms with van der Waals surface area (Å²) in [6.07, 6.45) is 8.62. The Morgan fingerprint density at radius 2 is 1.00 bits per heavy atom. The molecule has 0 spiro atoms. The first-order valence-electron chi connectivity index (χ1n) is 12.3. The Morgan fingerprint density at radius 3 is 1.55 bits per heavy atom. The molecular formula is C30H18N8O2. The predicted octanol–water partition coefficient (Wildman–Crippen LogP) is 6.03. The van der Waals surface area contributed by atoms with Gasteiger partial charge in [-0.05, 0) is 66.7 Å². The summed E-state index contributed by atoms with van der Waals surface area (Å²) in [5, 5.41) is 16.9. The van der Waals surface area contributed by atoms with E-state index in [0.717, 1.165) is 33.8 Å². The smallest absolute Gasteiger partial charge is 0.249 e. The Balaban J connectivity index is 1.10. The van der Waals surface area contributed by atoms with Crippen molar-refractivity contribution in [2.75, 3.05) is 0 Å². The molecule has 7 rings (SSSR count). The minimum absolute atomic E-state index is 0.362. The van der Waals surface area contributed by atoms with Crippen LogP contribution in [0.4, 0.5) is 0 Å². The van der Waals surface area contributed by atoms with E-state index in [1.807, 2.05) is 78.9 Å². The van der Waals surface area contributed by atoms with E-state index in [2.05, 4.69) is 40.3 Å². The van der Waals surface area contributed by atoms with Crippen LogP contribution in [0, 0.1) is 0 Å². The van der Waals surface area contributed by atoms with Crippen molar-refractivity contribution in [1.29, 1.82) is 0 Å². The van der Waals surface area contributed by atoms with Crippen molar-refractivity contribution in [3.63, 3.8) is 0 Å². The van der Waals surface area contributed by atoms with Crippen LogP contribution in [0.2, 0.25) is 0 Å². The van der Waals surface area contributed by atoms with Gasteiger partial charge >= 0.3 is 0 Å². The lowest BCUT2D eigenvalue weighted by Gasteiger charge is -2.01. The first kappa shape index (κ1) is 23.2. The van der Waals surface area contributed by atoms with E-state index in [1.54, 1.807) is 31.0 Å². The van der Waals surface area contributed by atoms with Crippen LogP contribution in [0.25, 0.3) is 68.5 Å². The lowest BCUT2D eigenvalue weighted by atomic mass is 10.1. The van der Waals surface area contributed by atoms with E-state index < -0.39 is 0 Å². The lowest BCUT2D eigenvalue weighted by Crippen LogP contribution is -1.87. The molecule has 0 radical (unpaired) electrons. The van der Waals surface area contributed by atoms with E-state index in [1.165, 1.54) is 0 Å². The predicted molar refractivity (Wildman–Crippen MR) is 146 cm³/mol. The summed E-state index contributed by atoms with van der Waals surface area (Å²) >= 11 is 0. The van der Waals surface area contributed by atoms with Gasteiger partial charge in [-0.3, -0.25) is 19.9 Å². The van der Waals surface area contributed by atoms with Crippen molar-refractivity contribution in [3.05, 3.63) is 110 Å². The lowest BCUT2D eigenvalue weighted by molar-refractivity contribution is 0.582. The molecule has 0 N–H and O–H groups in total. The second-order valence-electron chi connectivity index (χ2n) is 8.73. The fourth-order valence-corrected chi connectivity index (χ4v) is 4.09. The minimum atomic E-state index is 0.362. The van der Waals surface area contributed by atoms with Crippen LogP contribution < -0.4 is 0 Å². The van der Waals surface area contributed by atoms with Gasteiger partial charge in [0.2, 0.25) is 23.6 Å². The molecule has 6 aromatic heterocycles. The molecule has 10 heteroatoms. The van der Waals surface area contributed by atoms with Crippen molar-refractivity contribution in [1.82, 2.24) is 40.3 Å². The second-order valence-corrected chi connectivity index (χ2v) is 8.73. The third-order valence-electron chi connectivity index (χ3n) is 6.11. The SMILES string of the molecule is c1ccc(-c2ccc(-c3nnc(-c4cccc(-c5nnc(-c6ccc(-c7cccnc7)nc6)o5)c4)o3)cn2)nc1. The monoisotopic (exact) mass is 522 g/mol. The largest absolute Gasteiger partial charge is 0.416 e. The molecule has 0 aliphatic heterocycles. The summed E-state index contributed by atoms with van der Waals surface area (Å²) in [6, 6.07) is 24.5. The maximum atomic E-state index is 5.96. The van der Waals surface area contributed by atoms with Gasteiger partial charge in [0.15, 0.2) is 0 Å². The number of pyridine rings is 4. The average molecular weight is 523 g/mol. The molecule has 40 heavy (non-hydrogen) atoms. The normalized spacial score (nSPS) is 11.0. The fraction of sp³-hybridized carbons (Fsp3) is 0. The first-order valence-corrected chi connectivity index (χ1v) is 12.3. The first-order chi connectivity index (χ1) is 19.8. The second kappa shape index (κ2) is 10.1. The minimum Gasteiger partial charge on any atom is -0.416 e. The molecule has 10 nitrogen and oxygen atoms in total. The van der Waals surface area contributed by atoms with E-state index in [9.17, 15) is 0 Å². The van der Waals surface area contributed by atoms with Crippen LogP contribution in [-0.2, 0) is 0 Å². The molecule has 7 aromatic rings. The van der Waals surface area contributed by atoms with Gasteiger partial charge in [-0.2, -0.15) is 0 Å². The molecule has 0 bridgehead atoms. The third kappa shape index (κ3) is 4.61. The number of hydrogen-bond acceptors (Lipinski definition) is 10. The topological polar surface area (TPSA) is 129 Å². The van der Waals surface area contributed by atoms with Crippen molar-refractivity contribution in [3.8, 4) is 68.5 Å². The highest BCUT2D eigenvalue weighted by atomic mass is 16.4. The summed E-state index contributed by atoms with van der Waals surface area (Å²) in [5.41, 5.74) is 6.15. The van der Waals surface area contributed by atoms with E-state index in [-0.39, 0.29) is 0 Å². The summed E-state index contributed by atoms with van der Waals surface area (Å²) in [7, 11) is 0. The molecule has 6 heterocycles. The molecule has 0 aliphatic rings. The van der Waals surface area contributed by atoms with Gasteiger partial charge in [0.05, 0.1) is 28.2 Å². The highest BCUT2D eigenvalue weighted by Crippen LogP contribution is 2.30. The van der Waals surface area contributed by atoms with Crippen LogP contribution in [0.5, 0.6) is 0 Å². The zero-order valence-corrected chi connectivity index (χ0v) is 20.8. The number of hydrogen-bond donors (Lipinski definition) is 0. The third-order valence-corrected chi connectivity index (χ3v) is 6.11. The molecule has 0 fully saturated rings. The maximum Gasteiger partial charge on any atom is 0.249 e. The molecule has 0 saturated heterocycles. The van der Waals surface area contributed by atoms with Gasteiger partial charge in [0.1, 0.15) is 0 Å². The van der Waals surface area contributed by atoms with Gasteiger partial charge in [0.25, 0.3) is 0 Å². The Kier molecular flexibility index (Phi) is 5.87. The molecule has 0 amide bonds. The molecule has 1 aromatic carbocycles. The van der Waals surface area contributed by atoms with Gasteiger partial charge in [-0.1, -0.05) is 12.1 Å². The quantitative estimate of drug-likeness (QED) is 0.255. The molecule has 0 atom stereocenters. The number of benzene rings is 1. The Morgan fingerprint density at radius 1 is 0.400 bits per heavy atom. The highest BCUT2D eigenvalue weighted by molar-refractivity contribution is 5.67. The Labute approximate surface area is 227 Å². The zero-order chi connectivity index (χ0) is 26.7. The van der Waals surface area contributed by atoms with Crippen molar-refractivity contribution in [2.45, 2.75) is 0 Å². The molecule has 0 aliphatic carbocycles.